The highest BCUT2D eigenvalue weighted by molar-refractivity contribution is 5.78. The Labute approximate surface area is 119 Å². The topological polar surface area (TPSA) is 70.6 Å². The molecule has 1 amide bonds. The van der Waals surface area contributed by atoms with Gasteiger partial charge >= 0.3 is 0 Å². The molecule has 0 saturated carbocycles. The molecule has 1 aliphatic heterocycles. The molecular weight excluding hydrogens is 256 g/mol. The van der Waals surface area contributed by atoms with E-state index in [0.29, 0.717) is 11.3 Å². The SMILES string of the molecule is COc1ccccc1C(O)CNC(=O)C1CCNCC1. The van der Waals surface area contributed by atoms with Crippen LogP contribution in [-0.2, 0) is 4.79 Å². The van der Waals surface area contributed by atoms with Gasteiger partial charge < -0.3 is 20.5 Å². The molecule has 2 rings (SSSR count). The fourth-order valence-electron chi connectivity index (χ4n) is 2.48. The number of piperidine rings is 1. The number of nitrogens with one attached hydrogen (secondary N) is 2. The van der Waals surface area contributed by atoms with Crippen LogP contribution in [0.2, 0.25) is 0 Å². The summed E-state index contributed by atoms with van der Waals surface area (Å²) in [5, 5.41) is 16.2. The Kier molecular flexibility index (Phi) is 5.38. The number of carbonyl (C=O) groups excluding carboxylic acids is 1. The predicted molar refractivity (Wildman–Crippen MR) is 76.6 cm³/mol. The Bertz CT molecular complexity index is 444. The van der Waals surface area contributed by atoms with Gasteiger partial charge in [-0.25, -0.2) is 0 Å². The average Bonchev–Trinajstić information content (AvgIpc) is 2.53. The van der Waals surface area contributed by atoms with Crippen LogP contribution in [0, 0.1) is 5.92 Å². The molecule has 1 aliphatic rings. The molecule has 1 saturated heterocycles. The third-order valence-electron chi connectivity index (χ3n) is 3.68. The van der Waals surface area contributed by atoms with E-state index in [2.05, 4.69) is 10.6 Å². The van der Waals surface area contributed by atoms with E-state index in [1.54, 1.807) is 19.2 Å². The highest BCUT2D eigenvalue weighted by Gasteiger charge is 2.22. The number of benzene rings is 1. The summed E-state index contributed by atoms with van der Waals surface area (Å²) in [5.41, 5.74) is 0.695. The molecule has 110 valence electrons. The van der Waals surface area contributed by atoms with Crippen molar-refractivity contribution in [2.24, 2.45) is 5.92 Å². The van der Waals surface area contributed by atoms with Gasteiger partial charge in [-0.2, -0.15) is 0 Å². The normalized spacial score (nSPS) is 17.5. The molecule has 5 nitrogen and oxygen atoms in total. The van der Waals surface area contributed by atoms with E-state index in [0.717, 1.165) is 25.9 Å². The zero-order valence-corrected chi connectivity index (χ0v) is 11.8. The van der Waals surface area contributed by atoms with Gasteiger partial charge in [0.15, 0.2) is 0 Å². The molecule has 3 N–H and O–H groups in total. The van der Waals surface area contributed by atoms with Crippen LogP contribution in [0.3, 0.4) is 0 Å². The lowest BCUT2D eigenvalue weighted by molar-refractivity contribution is -0.126. The van der Waals surface area contributed by atoms with Crippen molar-refractivity contribution in [3.8, 4) is 5.75 Å². The lowest BCUT2D eigenvalue weighted by Crippen LogP contribution is -2.39. The summed E-state index contributed by atoms with van der Waals surface area (Å²) in [7, 11) is 1.57. The fraction of sp³-hybridized carbons (Fsp3) is 0.533. The summed E-state index contributed by atoms with van der Waals surface area (Å²) < 4.78 is 5.21. The van der Waals surface area contributed by atoms with Gasteiger partial charge in [-0.05, 0) is 32.0 Å². The van der Waals surface area contributed by atoms with Crippen molar-refractivity contribution in [2.75, 3.05) is 26.7 Å². The first-order valence-electron chi connectivity index (χ1n) is 7.01. The van der Waals surface area contributed by atoms with Crippen molar-refractivity contribution < 1.29 is 14.6 Å². The van der Waals surface area contributed by atoms with Crippen LogP contribution < -0.4 is 15.4 Å². The van der Waals surface area contributed by atoms with Crippen LogP contribution in [0.4, 0.5) is 0 Å². The van der Waals surface area contributed by atoms with E-state index in [1.165, 1.54) is 0 Å². The number of para-hydroxylation sites is 1. The van der Waals surface area contributed by atoms with Crippen LogP contribution >= 0.6 is 0 Å². The van der Waals surface area contributed by atoms with Gasteiger partial charge in [0.1, 0.15) is 5.75 Å². The third-order valence-corrected chi connectivity index (χ3v) is 3.68. The van der Waals surface area contributed by atoms with E-state index >= 15 is 0 Å². The van der Waals surface area contributed by atoms with E-state index in [4.69, 9.17) is 4.74 Å². The minimum absolute atomic E-state index is 0.0282. The van der Waals surface area contributed by atoms with Crippen LogP contribution in [0.5, 0.6) is 5.75 Å². The Morgan fingerprint density at radius 3 is 2.85 bits per heavy atom. The van der Waals surface area contributed by atoms with Crippen LogP contribution in [0.25, 0.3) is 0 Å². The molecule has 0 radical (unpaired) electrons. The molecular formula is C15H22N2O3. The second-order valence-corrected chi connectivity index (χ2v) is 5.03. The molecule has 1 aromatic rings. The van der Waals surface area contributed by atoms with Crippen LogP contribution in [0.15, 0.2) is 24.3 Å². The van der Waals surface area contributed by atoms with Crippen molar-refractivity contribution in [1.82, 2.24) is 10.6 Å². The van der Waals surface area contributed by atoms with Crippen molar-refractivity contribution >= 4 is 5.91 Å². The van der Waals surface area contributed by atoms with E-state index in [-0.39, 0.29) is 18.4 Å². The fourth-order valence-corrected chi connectivity index (χ4v) is 2.48. The molecule has 0 spiro atoms. The summed E-state index contributed by atoms with van der Waals surface area (Å²) in [4.78, 5) is 12.0. The maximum absolute atomic E-state index is 12.0. The molecule has 0 aromatic heterocycles. The zero-order valence-electron chi connectivity index (χ0n) is 11.8. The summed E-state index contributed by atoms with van der Waals surface area (Å²) in [6, 6.07) is 7.30. The maximum atomic E-state index is 12.0. The van der Waals surface area contributed by atoms with E-state index in [9.17, 15) is 9.90 Å². The molecule has 1 aromatic carbocycles. The first-order chi connectivity index (χ1) is 9.72. The molecule has 1 atom stereocenters. The van der Waals surface area contributed by atoms with Gasteiger partial charge in [-0.1, -0.05) is 18.2 Å². The minimum Gasteiger partial charge on any atom is -0.496 e. The number of aliphatic hydroxyl groups excluding tert-OH is 1. The summed E-state index contributed by atoms with van der Waals surface area (Å²) in [5.74, 6) is 0.720. The standard InChI is InChI=1S/C15H22N2O3/c1-20-14-5-3-2-4-12(14)13(18)10-17-15(19)11-6-8-16-9-7-11/h2-5,11,13,16,18H,6-10H2,1H3,(H,17,19). The quantitative estimate of drug-likeness (QED) is 0.746. The molecule has 0 bridgehead atoms. The number of amides is 1. The van der Waals surface area contributed by atoms with Crippen molar-refractivity contribution in [3.63, 3.8) is 0 Å². The van der Waals surface area contributed by atoms with E-state index in [1.807, 2.05) is 12.1 Å². The largest absolute Gasteiger partial charge is 0.496 e. The number of hydrogen-bond donors (Lipinski definition) is 3. The molecule has 1 fully saturated rings. The first kappa shape index (κ1) is 14.8. The maximum Gasteiger partial charge on any atom is 0.223 e. The number of methoxy groups -OCH3 is 1. The van der Waals surface area contributed by atoms with Crippen molar-refractivity contribution in [3.05, 3.63) is 29.8 Å². The van der Waals surface area contributed by atoms with Gasteiger partial charge in [-0.15, -0.1) is 0 Å². The van der Waals surface area contributed by atoms with Gasteiger partial charge in [0.2, 0.25) is 5.91 Å². The van der Waals surface area contributed by atoms with Gasteiger partial charge in [0, 0.05) is 18.0 Å². The van der Waals surface area contributed by atoms with Gasteiger partial charge in [0.25, 0.3) is 0 Å². The third kappa shape index (κ3) is 3.71. The first-order valence-corrected chi connectivity index (χ1v) is 7.01. The summed E-state index contributed by atoms with van der Waals surface area (Å²) in [6.45, 7) is 1.98. The minimum atomic E-state index is -0.753. The molecule has 0 aliphatic carbocycles. The number of carbonyl (C=O) groups is 1. The van der Waals surface area contributed by atoms with Crippen molar-refractivity contribution in [1.29, 1.82) is 0 Å². The van der Waals surface area contributed by atoms with Crippen molar-refractivity contribution in [2.45, 2.75) is 18.9 Å². The predicted octanol–water partition coefficient (Wildman–Crippen LogP) is 0.844. The highest BCUT2D eigenvalue weighted by Crippen LogP contribution is 2.24. The zero-order chi connectivity index (χ0) is 14.4. The Morgan fingerprint density at radius 1 is 1.45 bits per heavy atom. The number of ether oxygens (including phenoxy) is 1. The number of rotatable bonds is 5. The van der Waals surface area contributed by atoms with E-state index < -0.39 is 6.10 Å². The Hall–Kier alpha value is -1.59. The van der Waals surface area contributed by atoms with Gasteiger partial charge in [0.05, 0.1) is 13.2 Å². The van der Waals surface area contributed by atoms with Crippen LogP contribution in [-0.4, -0.2) is 37.8 Å². The lowest BCUT2D eigenvalue weighted by Gasteiger charge is -2.23. The molecule has 1 unspecified atom stereocenters. The number of hydrogen-bond acceptors (Lipinski definition) is 4. The smallest absolute Gasteiger partial charge is 0.223 e. The second kappa shape index (κ2) is 7.26. The second-order valence-electron chi connectivity index (χ2n) is 5.03. The summed E-state index contributed by atoms with van der Waals surface area (Å²) >= 11 is 0. The molecule has 5 heteroatoms. The Balaban J connectivity index is 1.88. The Morgan fingerprint density at radius 2 is 2.15 bits per heavy atom. The molecule has 20 heavy (non-hydrogen) atoms. The monoisotopic (exact) mass is 278 g/mol. The lowest BCUT2D eigenvalue weighted by atomic mass is 9.97. The van der Waals surface area contributed by atoms with Crippen LogP contribution in [0.1, 0.15) is 24.5 Å². The number of aliphatic hydroxyl groups is 1. The molecule has 1 heterocycles. The van der Waals surface area contributed by atoms with Gasteiger partial charge in [-0.3, -0.25) is 4.79 Å². The summed E-state index contributed by atoms with van der Waals surface area (Å²) in [6.07, 6.45) is 0.963. The highest BCUT2D eigenvalue weighted by atomic mass is 16.5. The average molecular weight is 278 g/mol.